The lowest BCUT2D eigenvalue weighted by Gasteiger charge is -2.16. The van der Waals surface area contributed by atoms with Crippen molar-refractivity contribution in [1.82, 2.24) is 0 Å². The Morgan fingerprint density at radius 1 is 1.27 bits per heavy atom. The van der Waals surface area contributed by atoms with Gasteiger partial charge in [0.2, 0.25) is 0 Å². The summed E-state index contributed by atoms with van der Waals surface area (Å²) in [7, 11) is 1.62. The standard InChI is InChI=1S/C11H17NO3/c1-15-11-4-2-9(3-5-11)12-10(8-14)6-7-13/h2-5,10,12-14H,6-8H2,1H3. The lowest BCUT2D eigenvalue weighted by molar-refractivity contribution is 0.229. The third kappa shape index (κ3) is 3.77. The summed E-state index contributed by atoms with van der Waals surface area (Å²) in [5, 5.41) is 20.9. The monoisotopic (exact) mass is 211 g/mol. The van der Waals surface area contributed by atoms with E-state index in [9.17, 15) is 0 Å². The number of hydrogen-bond acceptors (Lipinski definition) is 4. The van der Waals surface area contributed by atoms with Gasteiger partial charge in [-0.05, 0) is 30.7 Å². The molecule has 15 heavy (non-hydrogen) atoms. The van der Waals surface area contributed by atoms with E-state index in [1.54, 1.807) is 7.11 Å². The van der Waals surface area contributed by atoms with Gasteiger partial charge < -0.3 is 20.3 Å². The number of aliphatic hydroxyl groups is 2. The molecule has 0 bridgehead atoms. The Hall–Kier alpha value is -1.26. The van der Waals surface area contributed by atoms with Crippen molar-refractivity contribution in [2.45, 2.75) is 12.5 Å². The van der Waals surface area contributed by atoms with E-state index in [2.05, 4.69) is 5.32 Å². The first kappa shape index (κ1) is 11.8. The fourth-order valence-electron chi connectivity index (χ4n) is 1.29. The molecule has 3 N–H and O–H groups in total. The van der Waals surface area contributed by atoms with Crippen LogP contribution < -0.4 is 10.1 Å². The van der Waals surface area contributed by atoms with E-state index in [-0.39, 0.29) is 19.3 Å². The van der Waals surface area contributed by atoms with Crippen molar-refractivity contribution in [2.75, 3.05) is 25.6 Å². The van der Waals surface area contributed by atoms with E-state index >= 15 is 0 Å². The van der Waals surface area contributed by atoms with Crippen LogP contribution in [0.4, 0.5) is 5.69 Å². The van der Waals surface area contributed by atoms with Gasteiger partial charge in [0.15, 0.2) is 0 Å². The molecule has 0 heterocycles. The van der Waals surface area contributed by atoms with Gasteiger partial charge in [-0.1, -0.05) is 0 Å². The molecule has 1 aromatic carbocycles. The second kappa shape index (κ2) is 6.27. The molecular weight excluding hydrogens is 194 g/mol. The van der Waals surface area contributed by atoms with Crippen LogP contribution in [0.15, 0.2) is 24.3 Å². The van der Waals surface area contributed by atoms with Gasteiger partial charge >= 0.3 is 0 Å². The average Bonchev–Trinajstić information content (AvgIpc) is 2.29. The quantitative estimate of drug-likeness (QED) is 0.653. The van der Waals surface area contributed by atoms with Gasteiger partial charge in [-0.2, -0.15) is 0 Å². The van der Waals surface area contributed by atoms with Gasteiger partial charge in [-0.15, -0.1) is 0 Å². The van der Waals surface area contributed by atoms with Crippen LogP contribution in [0.3, 0.4) is 0 Å². The maximum Gasteiger partial charge on any atom is 0.119 e. The predicted octanol–water partition coefficient (Wildman–Crippen LogP) is 0.850. The van der Waals surface area contributed by atoms with E-state index in [0.717, 1.165) is 11.4 Å². The molecule has 0 radical (unpaired) electrons. The van der Waals surface area contributed by atoms with Crippen LogP contribution in [0.5, 0.6) is 5.75 Å². The van der Waals surface area contributed by atoms with Crippen LogP contribution in [0.1, 0.15) is 6.42 Å². The summed E-state index contributed by atoms with van der Waals surface area (Å²) in [6.45, 7) is 0.0704. The molecule has 0 aliphatic heterocycles. The normalized spacial score (nSPS) is 12.2. The van der Waals surface area contributed by atoms with E-state index in [1.165, 1.54) is 0 Å². The maximum atomic E-state index is 9.02. The minimum Gasteiger partial charge on any atom is -0.497 e. The SMILES string of the molecule is COc1ccc(NC(CO)CCO)cc1. The second-order valence-corrected chi connectivity index (χ2v) is 3.26. The molecule has 0 spiro atoms. The predicted molar refractivity (Wildman–Crippen MR) is 59.2 cm³/mol. The van der Waals surface area contributed by atoms with Gasteiger partial charge in [-0.25, -0.2) is 0 Å². The zero-order valence-electron chi connectivity index (χ0n) is 8.81. The first-order valence-electron chi connectivity index (χ1n) is 4.92. The minimum atomic E-state index is -0.108. The summed E-state index contributed by atoms with van der Waals surface area (Å²) >= 11 is 0. The van der Waals surface area contributed by atoms with Crippen molar-refractivity contribution in [3.63, 3.8) is 0 Å². The highest BCUT2D eigenvalue weighted by Gasteiger charge is 2.05. The summed E-state index contributed by atoms with van der Waals surface area (Å²) in [4.78, 5) is 0. The van der Waals surface area contributed by atoms with E-state index < -0.39 is 0 Å². The fraction of sp³-hybridized carbons (Fsp3) is 0.455. The Morgan fingerprint density at radius 3 is 2.40 bits per heavy atom. The van der Waals surface area contributed by atoms with Crippen LogP contribution in [0, 0.1) is 0 Å². The summed E-state index contributed by atoms with van der Waals surface area (Å²) in [6.07, 6.45) is 0.530. The van der Waals surface area contributed by atoms with Crippen LogP contribution in [0.2, 0.25) is 0 Å². The number of benzene rings is 1. The Balaban J connectivity index is 2.55. The molecule has 4 heteroatoms. The number of anilines is 1. The van der Waals surface area contributed by atoms with Crippen molar-refractivity contribution in [3.05, 3.63) is 24.3 Å². The van der Waals surface area contributed by atoms with Crippen LogP contribution >= 0.6 is 0 Å². The van der Waals surface area contributed by atoms with E-state index in [1.807, 2.05) is 24.3 Å². The van der Waals surface area contributed by atoms with Gasteiger partial charge in [-0.3, -0.25) is 0 Å². The van der Waals surface area contributed by atoms with Gasteiger partial charge in [0.1, 0.15) is 5.75 Å². The Bertz CT molecular complexity index is 274. The van der Waals surface area contributed by atoms with Gasteiger partial charge in [0.25, 0.3) is 0 Å². The molecule has 84 valence electrons. The van der Waals surface area contributed by atoms with Crippen LogP contribution in [-0.4, -0.2) is 36.6 Å². The Morgan fingerprint density at radius 2 is 1.93 bits per heavy atom. The molecule has 4 nitrogen and oxygen atoms in total. The molecule has 0 aromatic heterocycles. The molecule has 1 aromatic rings. The zero-order chi connectivity index (χ0) is 11.1. The molecule has 1 atom stereocenters. The number of ether oxygens (including phenoxy) is 1. The van der Waals surface area contributed by atoms with Crippen LogP contribution in [-0.2, 0) is 0 Å². The molecule has 0 amide bonds. The molecule has 1 unspecified atom stereocenters. The number of aliphatic hydroxyl groups excluding tert-OH is 2. The molecule has 1 rings (SSSR count). The highest BCUT2D eigenvalue weighted by Crippen LogP contribution is 2.16. The van der Waals surface area contributed by atoms with Crippen molar-refractivity contribution in [3.8, 4) is 5.75 Å². The minimum absolute atomic E-state index is 0.00654. The summed E-state index contributed by atoms with van der Waals surface area (Å²) < 4.78 is 5.03. The van der Waals surface area contributed by atoms with E-state index in [4.69, 9.17) is 14.9 Å². The second-order valence-electron chi connectivity index (χ2n) is 3.26. The summed E-state index contributed by atoms with van der Waals surface area (Å²) in [5.74, 6) is 0.795. The first-order chi connectivity index (χ1) is 7.30. The van der Waals surface area contributed by atoms with Gasteiger partial charge in [0.05, 0.1) is 19.8 Å². The molecule has 0 fully saturated rings. The lowest BCUT2D eigenvalue weighted by Crippen LogP contribution is -2.24. The molecular formula is C11H17NO3. The fourth-order valence-corrected chi connectivity index (χ4v) is 1.29. The van der Waals surface area contributed by atoms with Crippen molar-refractivity contribution < 1.29 is 14.9 Å². The average molecular weight is 211 g/mol. The van der Waals surface area contributed by atoms with Crippen molar-refractivity contribution in [2.24, 2.45) is 0 Å². The summed E-state index contributed by atoms with van der Waals surface area (Å²) in [5.41, 5.74) is 0.906. The van der Waals surface area contributed by atoms with Crippen molar-refractivity contribution in [1.29, 1.82) is 0 Å². The molecule has 0 saturated carbocycles. The van der Waals surface area contributed by atoms with Crippen LogP contribution in [0.25, 0.3) is 0 Å². The first-order valence-corrected chi connectivity index (χ1v) is 4.92. The Kier molecular flexibility index (Phi) is 4.93. The largest absolute Gasteiger partial charge is 0.497 e. The maximum absolute atomic E-state index is 9.02. The molecule has 0 saturated heterocycles. The third-order valence-corrected chi connectivity index (χ3v) is 2.16. The lowest BCUT2D eigenvalue weighted by atomic mass is 10.2. The van der Waals surface area contributed by atoms with Crippen molar-refractivity contribution >= 4 is 5.69 Å². The Labute approximate surface area is 89.5 Å². The highest BCUT2D eigenvalue weighted by atomic mass is 16.5. The smallest absolute Gasteiger partial charge is 0.119 e. The molecule has 0 aliphatic rings. The third-order valence-electron chi connectivity index (χ3n) is 2.16. The highest BCUT2D eigenvalue weighted by molar-refractivity contribution is 5.47. The number of methoxy groups -OCH3 is 1. The van der Waals surface area contributed by atoms with Gasteiger partial charge in [0, 0.05) is 12.3 Å². The molecule has 0 aliphatic carbocycles. The topological polar surface area (TPSA) is 61.7 Å². The zero-order valence-corrected chi connectivity index (χ0v) is 8.81. The number of nitrogens with one attached hydrogen (secondary N) is 1. The summed E-state index contributed by atoms with van der Waals surface area (Å²) in [6, 6.07) is 7.33. The van der Waals surface area contributed by atoms with E-state index in [0.29, 0.717) is 6.42 Å². The number of hydrogen-bond donors (Lipinski definition) is 3. The number of rotatable bonds is 6.